The molecule has 0 radical (unpaired) electrons. The van der Waals surface area contributed by atoms with Gasteiger partial charge in [-0.3, -0.25) is 4.79 Å². The monoisotopic (exact) mass is 465 g/mol. The van der Waals surface area contributed by atoms with Gasteiger partial charge in [0.05, 0.1) is 19.8 Å². The Balaban J connectivity index is 1.69. The van der Waals surface area contributed by atoms with Gasteiger partial charge in [0.15, 0.2) is 6.29 Å². The molecule has 12 nitrogen and oxygen atoms in total. The van der Waals surface area contributed by atoms with Crippen LogP contribution in [0.25, 0.3) is 0 Å². The summed E-state index contributed by atoms with van der Waals surface area (Å²) in [5, 5.41) is 71.3. The zero-order valence-electron chi connectivity index (χ0n) is 18.2. The van der Waals surface area contributed by atoms with E-state index in [1.807, 2.05) is 0 Å². The van der Waals surface area contributed by atoms with Crippen LogP contribution in [-0.4, -0.2) is 128 Å². The van der Waals surface area contributed by atoms with Crippen LogP contribution in [0, 0.1) is 11.8 Å². The Hall–Kier alpha value is -0.930. The molecule has 10 unspecified atom stereocenters. The van der Waals surface area contributed by atoms with Gasteiger partial charge >= 0.3 is 0 Å². The summed E-state index contributed by atoms with van der Waals surface area (Å²) >= 11 is 0. The van der Waals surface area contributed by atoms with E-state index in [2.05, 4.69) is 13.8 Å². The first-order valence-corrected chi connectivity index (χ1v) is 10.9. The number of likely N-dealkylation sites (tertiary alicyclic amines) is 1. The molecule has 1 amide bonds. The fraction of sp³-hybridized carbons (Fsp3) is 0.950. The highest BCUT2D eigenvalue weighted by molar-refractivity contribution is 5.78. The van der Waals surface area contributed by atoms with E-state index in [1.54, 1.807) is 0 Å². The quantitative estimate of drug-likeness (QED) is 0.198. The van der Waals surface area contributed by atoms with E-state index in [9.17, 15) is 40.5 Å². The van der Waals surface area contributed by atoms with Crippen molar-refractivity contribution in [2.75, 3.05) is 26.3 Å². The Morgan fingerprint density at radius 2 is 1.84 bits per heavy atom. The van der Waals surface area contributed by atoms with Gasteiger partial charge in [0.2, 0.25) is 11.7 Å². The second-order valence-electron chi connectivity index (χ2n) is 9.44. The first kappa shape index (κ1) is 25.7. The maximum atomic E-state index is 12.4. The highest BCUT2D eigenvalue weighted by atomic mass is 16.7. The van der Waals surface area contributed by atoms with Crippen molar-refractivity contribution in [2.24, 2.45) is 11.8 Å². The molecule has 12 heteroatoms. The average Bonchev–Trinajstić information content (AvgIpc) is 3.06. The molecular weight excluding hydrogens is 430 g/mol. The molecule has 3 aliphatic rings. The molecule has 3 heterocycles. The highest BCUT2D eigenvalue weighted by Crippen LogP contribution is 2.33. The largest absolute Gasteiger partial charge is 0.394 e. The van der Waals surface area contributed by atoms with Gasteiger partial charge in [0.25, 0.3) is 0 Å². The lowest BCUT2D eigenvalue weighted by Crippen LogP contribution is -2.67. The second-order valence-corrected chi connectivity index (χ2v) is 9.44. The second kappa shape index (κ2) is 10.1. The van der Waals surface area contributed by atoms with Crippen molar-refractivity contribution in [1.82, 2.24) is 4.90 Å². The number of carbonyl (C=O) groups is 1. The van der Waals surface area contributed by atoms with E-state index in [-0.39, 0.29) is 18.4 Å². The van der Waals surface area contributed by atoms with Crippen molar-refractivity contribution >= 4 is 5.91 Å². The molecule has 3 saturated heterocycles. The lowest BCUT2D eigenvalue weighted by molar-refractivity contribution is -0.369. The smallest absolute Gasteiger partial charge is 0.223 e. The summed E-state index contributed by atoms with van der Waals surface area (Å²) in [4.78, 5) is 13.8. The van der Waals surface area contributed by atoms with Crippen LogP contribution in [0.1, 0.15) is 26.7 Å². The molecule has 3 rings (SSSR count). The Kier molecular flexibility index (Phi) is 8.14. The van der Waals surface area contributed by atoms with Gasteiger partial charge in [-0.05, 0) is 18.3 Å². The summed E-state index contributed by atoms with van der Waals surface area (Å²) in [6.45, 7) is 3.04. The number of carbonyl (C=O) groups excluding carboxylic acids is 1. The number of nitrogens with zero attached hydrogens (tertiary/aromatic N) is 1. The first-order chi connectivity index (χ1) is 15.0. The Bertz CT molecular complexity index is 649. The standard InChI is InChI=1S/C20H35NO11/c1-9(2)3-10-4-13(24)21(5-10)8-20(29)18(28)17(11(23)7-30-20)32-19-16(27)15(26)14(25)12(6-22)31-19/h9-12,14-19,22-23,25-29H,3-8H2,1-2H3. The molecule has 0 aromatic heterocycles. The van der Waals surface area contributed by atoms with Crippen molar-refractivity contribution in [3.8, 4) is 0 Å². The van der Waals surface area contributed by atoms with Gasteiger partial charge < -0.3 is 54.9 Å². The van der Waals surface area contributed by atoms with Gasteiger partial charge in [-0.2, -0.15) is 0 Å². The first-order valence-electron chi connectivity index (χ1n) is 10.9. The van der Waals surface area contributed by atoms with Crippen LogP contribution >= 0.6 is 0 Å². The van der Waals surface area contributed by atoms with E-state index < -0.39 is 68.0 Å². The van der Waals surface area contributed by atoms with Crippen molar-refractivity contribution in [2.45, 2.75) is 81.5 Å². The van der Waals surface area contributed by atoms with Crippen LogP contribution in [0.5, 0.6) is 0 Å². The van der Waals surface area contributed by atoms with E-state index >= 15 is 0 Å². The van der Waals surface area contributed by atoms with E-state index in [1.165, 1.54) is 4.90 Å². The molecule has 186 valence electrons. The van der Waals surface area contributed by atoms with Crippen LogP contribution in [0.4, 0.5) is 0 Å². The molecule has 0 bridgehead atoms. The minimum absolute atomic E-state index is 0.124. The molecular formula is C20H35NO11. The van der Waals surface area contributed by atoms with Crippen molar-refractivity contribution in [3.63, 3.8) is 0 Å². The number of ether oxygens (including phenoxy) is 3. The summed E-state index contributed by atoms with van der Waals surface area (Å²) in [6, 6.07) is 0. The summed E-state index contributed by atoms with van der Waals surface area (Å²) in [5.74, 6) is -1.91. The lowest BCUT2D eigenvalue weighted by atomic mass is 9.95. The third-order valence-electron chi connectivity index (χ3n) is 6.31. The molecule has 7 N–H and O–H groups in total. The molecule has 3 fully saturated rings. The highest BCUT2D eigenvalue weighted by Gasteiger charge is 2.54. The SMILES string of the molecule is CC(C)CC1CC(=O)N(CC2(O)OCC(O)C(OC3OC(CO)C(O)C(O)C3O)C2O)C1. The average molecular weight is 465 g/mol. The van der Waals surface area contributed by atoms with Crippen LogP contribution in [0.3, 0.4) is 0 Å². The summed E-state index contributed by atoms with van der Waals surface area (Å²) < 4.78 is 16.0. The summed E-state index contributed by atoms with van der Waals surface area (Å²) in [5.41, 5.74) is 0. The maximum absolute atomic E-state index is 12.4. The summed E-state index contributed by atoms with van der Waals surface area (Å²) in [6.07, 6.45) is -11.5. The van der Waals surface area contributed by atoms with Crippen molar-refractivity contribution < 1.29 is 54.8 Å². The number of aliphatic hydroxyl groups is 7. The predicted octanol–water partition coefficient (Wildman–Crippen LogP) is -3.49. The molecule has 0 aromatic rings. The van der Waals surface area contributed by atoms with Gasteiger partial charge in [0, 0.05) is 13.0 Å². The van der Waals surface area contributed by atoms with E-state index in [0.29, 0.717) is 18.9 Å². The predicted molar refractivity (Wildman–Crippen MR) is 106 cm³/mol. The number of hydrogen-bond acceptors (Lipinski definition) is 11. The van der Waals surface area contributed by atoms with Crippen molar-refractivity contribution in [3.05, 3.63) is 0 Å². The molecule has 3 aliphatic heterocycles. The fourth-order valence-electron chi connectivity index (χ4n) is 4.62. The normalized spacial score (nSPS) is 45.6. The van der Waals surface area contributed by atoms with Gasteiger partial charge in [-0.15, -0.1) is 0 Å². The van der Waals surface area contributed by atoms with Crippen LogP contribution < -0.4 is 0 Å². The lowest BCUT2D eigenvalue weighted by Gasteiger charge is -2.47. The number of amides is 1. The van der Waals surface area contributed by atoms with Gasteiger partial charge in [-0.1, -0.05) is 13.8 Å². The molecule has 0 saturated carbocycles. The third kappa shape index (κ3) is 5.25. The van der Waals surface area contributed by atoms with E-state index in [0.717, 1.165) is 6.42 Å². The molecule has 0 aromatic carbocycles. The molecule has 32 heavy (non-hydrogen) atoms. The van der Waals surface area contributed by atoms with Crippen LogP contribution in [0.15, 0.2) is 0 Å². The van der Waals surface area contributed by atoms with Crippen LogP contribution in [-0.2, 0) is 19.0 Å². The Labute approximate surface area is 185 Å². The third-order valence-corrected chi connectivity index (χ3v) is 6.31. The summed E-state index contributed by atoms with van der Waals surface area (Å²) in [7, 11) is 0. The molecule has 0 spiro atoms. The number of β-amino-alcohol motifs (C(OH)–C–C–N with tert-alkyl or cyclic N) is 1. The Morgan fingerprint density at radius 1 is 1.16 bits per heavy atom. The number of rotatable bonds is 7. The van der Waals surface area contributed by atoms with Gasteiger partial charge in [-0.25, -0.2) is 0 Å². The minimum Gasteiger partial charge on any atom is -0.394 e. The minimum atomic E-state index is -2.25. The fourth-order valence-corrected chi connectivity index (χ4v) is 4.62. The zero-order valence-corrected chi connectivity index (χ0v) is 18.2. The zero-order chi connectivity index (χ0) is 23.8. The molecule has 10 atom stereocenters. The Morgan fingerprint density at radius 3 is 2.47 bits per heavy atom. The maximum Gasteiger partial charge on any atom is 0.223 e. The number of hydrogen-bond donors (Lipinski definition) is 7. The topological polar surface area (TPSA) is 190 Å². The van der Waals surface area contributed by atoms with E-state index in [4.69, 9.17) is 14.2 Å². The van der Waals surface area contributed by atoms with Crippen LogP contribution in [0.2, 0.25) is 0 Å². The number of aliphatic hydroxyl groups excluding tert-OH is 6. The van der Waals surface area contributed by atoms with Gasteiger partial charge in [0.1, 0.15) is 42.7 Å². The molecule has 0 aliphatic carbocycles. The van der Waals surface area contributed by atoms with Crippen molar-refractivity contribution in [1.29, 1.82) is 0 Å².